The van der Waals surface area contributed by atoms with Gasteiger partial charge in [0.05, 0.1) is 18.0 Å². The number of likely N-dealkylation sites (N-methyl/N-ethyl adjacent to an activating group) is 1. The minimum Gasteiger partial charge on any atom is -0.338 e. The quantitative estimate of drug-likeness (QED) is 0.699. The summed E-state index contributed by atoms with van der Waals surface area (Å²) in [6.07, 6.45) is 2.47. The molecule has 1 aliphatic carbocycles. The number of aromatic nitrogens is 1. The summed E-state index contributed by atoms with van der Waals surface area (Å²) in [5.74, 6) is 0.162. The Morgan fingerprint density at radius 1 is 1.12 bits per heavy atom. The lowest BCUT2D eigenvalue weighted by Gasteiger charge is -2.26. The molecule has 0 radical (unpaired) electrons. The fraction of sp³-hybridized carbons (Fsp3) is 0.304. The standard InChI is InChI=1S/C23H24N2O/c1-15-18-9-6-7-11-21(18)24-16(2)20(15)14-23(26)25(3)22-13-12-17-8-4-5-10-19(17)22/h4-11,22H,12-14H2,1-3H3. The van der Waals surface area contributed by atoms with E-state index in [4.69, 9.17) is 4.98 Å². The van der Waals surface area contributed by atoms with Crippen molar-refractivity contribution in [1.82, 2.24) is 9.88 Å². The molecule has 2 aromatic carbocycles. The monoisotopic (exact) mass is 344 g/mol. The van der Waals surface area contributed by atoms with E-state index in [1.54, 1.807) is 0 Å². The van der Waals surface area contributed by atoms with Gasteiger partial charge < -0.3 is 4.90 Å². The number of fused-ring (bicyclic) bond motifs is 2. The van der Waals surface area contributed by atoms with Crippen LogP contribution < -0.4 is 0 Å². The van der Waals surface area contributed by atoms with Crippen LogP contribution in [0.5, 0.6) is 0 Å². The van der Waals surface area contributed by atoms with E-state index < -0.39 is 0 Å². The molecule has 0 saturated carbocycles. The van der Waals surface area contributed by atoms with Crippen molar-refractivity contribution in [3.05, 3.63) is 76.5 Å². The summed E-state index contributed by atoms with van der Waals surface area (Å²) in [5, 5.41) is 1.13. The number of aryl methyl sites for hydroxylation is 3. The summed E-state index contributed by atoms with van der Waals surface area (Å²) in [5.41, 5.74) is 6.85. The number of nitrogens with zero attached hydrogens (tertiary/aromatic N) is 2. The van der Waals surface area contributed by atoms with Crippen LogP contribution in [0, 0.1) is 13.8 Å². The van der Waals surface area contributed by atoms with Crippen LogP contribution >= 0.6 is 0 Å². The molecule has 3 heteroatoms. The number of benzene rings is 2. The molecular weight excluding hydrogens is 320 g/mol. The van der Waals surface area contributed by atoms with Gasteiger partial charge in [0.2, 0.25) is 5.91 Å². The number of amides is 1. The van der Waals surface area contributed by atoms with Crippen molar-refractivity contribution < 1.29 is 4.79 Å². The highest BCUT2D eigenvalue weighted by atomic mass is 16.2. The molecule has 0 saturated heterocycles. The lowest BCUT2D eigenvalue weighted by Crippen LogP contribution is -2.31. The summed E-state index contributed by atoms with van der Waals surface area (Å²) >= 11 is 0. The van der Waals surface area contributed by atoms with Gasteiger partial charge in [-0.15, -0.1) is 0 Å². The predicted octanol–water partition coefficient (Wildman–Crippen LogP) is 4.54. The molecule has 1 atom stereocenters. The Labute approximate surface area is 154 Å². The van der Waals surface area contributed by atoms with Gasteiger partial charge in [-0.3, -0.25) is 9.78 Å². The Morgan fingerprint density at radius 2 is 1.85 bits per heavy atom. The summed E-state index contributed by atoms with van der Waals surface area (Å²) in [4.78, 5) is 19.7. The number of carbonyl (C=O) groups is 1. The zero-order valence-corrected chi connectivity index (χ0v) is 15.6. The molecule has 3 aromatic rings. The van der Waals surface area contributed by atoms with E-state index in [1.807, 2.05) is 37.1 Å². The lowest BCUT2D eigenvalue weighted by molar-refractivity contribution is -0.131. The van der Waals surface area contributed by atoms with E-state index in [-0.39, 0.29) is 11.9 Å². The second kappa shape index (κ2) is 6.56. The third kappa shape index (κ3) is 2.78. The average molecular weight is 344 g/mol. The first kappa shape index (κ1) is 16.8. The van der Waals surface area contributed by atoms with E-state index in [9.17, 15) is 4.79 Å². The molecule has 0 N–H and O–H groups in total. The van der Waals surface area contributed by atoms with Crippen molar-refractivity contribution in [1.29, 1.82) is 0 Å². The third-order valence-corrected chi connectivity index (χ3v) is 5.78. The Hall–Kier alpha value is -2.68. The third-order valence-electron chi connectivity index (χ3n) is 5.78. The maximum absolute atomic E-state index is 13.0. The van der Waals surface area contributed by atoms with Crippen molar-refractivity contribution in [3.63, 3.8) is 0 Å². The molecule has 0 fully saturated rings. The minimum absolute atomic E-state index is 0.162. The first-order chi connectivity index (χ1) is 12.6. The summed E-state index contributed by atoms with van der Waals surface area (Å²) in [6.45, 7) is 4.11. The molecule has 0 aliphatic heterocycles. The van der Waals surface area contributed by atoms with Gasteiger partial charge in [-0.25, -0.2) is 0 Å². The molecule has 26 heavy (non-hydrogen) atoms. The molecule has 1 aliphatic rings. The number of hydrogen-bond donors (Lipinski definition) is 0. The number of carbonyl (C=O) groups excluding carboxylic acids is 1. The van der Waals surface area contributed by atoms with Crippen LogP contribution in [0.2, 0.25) is 0 Å². The van der Waals surface area contributed by atoms with Gasteiger partial charge >= 0.3 is 0 Å². The van der Waals surface area contributed by atoms with E-state index in [2.05, 4.69) is 37.3 Å². The zero-order chi connectivity index (χ0) is 18.3. The van der Waals surface area contributed by atoms with Gasteiger partial charge in [0.15, 0.2) is 0 Å². The van der Waals surface area contributed by atoms with E-state index in [1.165, 1.54) is 16.7 Å². The van der Waals surface area contributed by atoms with Crippen molar-refractivity contribution >= 4 is 16.8 Å². The first-order valence-corrected chi connectivity index (χ1v) is 9.24. The normalized spacial score (nSPS) is 15.9. The van der Waals surface area contributed by atoms with Gasteiger partial charge in [0.25, 0.3) is 0 Å². The van der Waals surface area contributed by atoms with E-state index >= 15 is 0 Å². The molecule has 0 spiro atoms. The summed E-state index contributed by atoms with van der Waals surface area (Å²) in [7, 11) is 1.94. The van der Waals surface area contributed by atoms with Gasteiger partial charge in [-0.2, -0.15) is 0 Å². The van der Waals surface area contributed by atoms with Crippen LogP contribution in [0.25, 0.3) is 10.9 Å². The zero-order valence-electron chi connectivity index (χ0n) is 15.6. The van der Waals surface area contributed by atoms with Crippen molar-refractivity contribution in [2.24, 2.45) is 0 Å². The molecule has 3 nitrogen and oxygen atoms in total. The number of pyridine rings is 1. The van der Waals surface area contributed by atoms with Crippen LogP contribution in [-0.4, -0.2) is 22.8 Å². The topological polar surface area (TPSA) is 33.2 Å². The molecule has 4 rings (SSSR count). The number of para-hydroxylation sites is 1. The molecular formula is C23H24N2O. The van der Waals surface area contributed by atoms with Gasteiger partial charge in [-0.05, 0) is 55.0 Å². The molecule has 1 unspecified atom stereocenters. The second-order valence-corrected chi connectivity index (χ2v) is 7.25. The van der Waals surface area contributed by atoms with Crippen LogP contribution in [0.15, 0.2) is 48.5 Å². The highest BCUT2D eigenvalue weighted by Crippen LogP contribution is 2.35. The largest absolute Gasteiger partial charge is 0.338 e. The van der Waals surface area contributed by atoms with Crippen molar-refractivity contribution in [2.45, 2.75) is 39.2 Å². The fourth-order valence-electron chi connectivity index (χ4n) is 4.22. The minimum atomic E-state index is 0.162. The molecule has 132 valence electrons. The summed E-state index contributed by atoms with van der Waals surface area (Å²) in [6, 6.07) is 16.8. The smallest absolute Gasteiger partial charge is 0.227 e. The molecule has 0 bridgehead atoms. The van der Waals surface area contributed by atoms with Crippen LogP contribution in [0.1, 0.15) is 40.4 Å². The van der Waals surface area contributed by atoms with Crippen LogP contribution in [0.3, 0.4) is 0 Å². The van der Waals surface area contributed by atoms with Crippen LogP contribution in [-0.2, 0) is 17.6 Å². The molecule has 1 heterocycles. The van der Waals surface area contributed by atoms with Crippen molar-refractivity contribution in [3.8, 4) is 0 Å². The second-order valence-electron chi connectivity index (χ2n) is 7.25. The first-order valence-electron chi connectivity index (χ1n) is 9.24. The fourth-order valence-corrected chi connectivity index (χ4v) is 4.22. The Bertz CT molecular complexity index is 993. The SMILES string of the molecule is Cc1nc2ccccc2c(C)c1CC(=O)N(C)C1CCc2ccccc21. The van der Waals surface area contributed by atoms with E-state index in [0.717, 1.165) is 35.0 Å². The van der Waals surface area contributed by atoms with E-state index in [0.29, 0.717) is 6.42 Å². The van der Waals surface area contributed by atoms with Gasteiger partial charge in [-0.1, -0.05) is 42.5 Å². The Morgan fingerprint density at radius 3 is 2.69 bits per heavy atom. The van der Waals surface area contributed by atoms with Gasteiger partial charge in [0.1, 0.15) is 0 Å². The lowest BCUT2D eigenvalue weighted by atomic mass is 9.98. The predicted molar refractivity (Wildman–Crippen MR) is 105 cm³/mol. The van der Waals surface area contributed by atoms with Crippen molar-refractivity contribution in [2.75, 3.05) is 7.05 Å². The highest BCUT2D eigenvalue weighted by Gasteiger charge is 2.28. The average Bonchev–Trinajstić information content (AvgIpc) is 3.08. The Kier molecular flexibility index (Phi) is 4.23. The van der Waals surface area contributed by atoms with Crippen LogP contribution in [0.4, 0.5) is 0 Å². The molecule has 1 aromatic heterocycles. The van der Waals surface area contributed by atoms with Gasteiger partial charge in [0, 0.05) is 18.1 Å². The molecule has 1 amide bonds. The summed E-state index contributed by atoms with van der Waals surface area (Å²) < 4.78 is 0. The Balaban J connectivity index is 1.62. The number of hydrogen-bond acceptors (Lipinski definition) is 2. The highest BCUT2D eigenvalue weighted by molar-refractivity contribution is 5.86. The maximum Gasteiger partial charge on any atom is 0.227 e. The maximum atomic E-state index is 13.0. The number of rotatable bonds is 3.